The van der Waals surface area contributed by atoms with E-state index in [1.54, 1.807) is 24.3 Å². The SMILES string of the molecule is CC(=O)Nc1cccc(NC(=O)C2CCCN2S(C)(=O)=O)c1. The van der Waals surface area contributed by atoms with E-state index >= 15 is 0 Å². The van der Waals surface area contributed by atoms with Crippen molar-refractivity contribution in [3.05, 3.63) is 24.3 Å². The molecule has 1 fully saturated rings. The number of hydrogen-bond donors (Lipinski definition) is 2. The van der Waals surface area contributed by atoms with Crippen molar-refractivity contribution < 1.29 is 18.0 Å². The Morgan fingerprint density at radius 1 is 1.23 bits per heavy atom. The molecule has 0 aromatic heterocycles. The first kappa shape index (κ1) is 16.4. The first-order valence-corrected chi connectivity index (χ1v) is 8.77. The lowest BCUT2D eigenvalue weighted by molar-refractivity contribution is -0.119. The molecule has 2 amide bonds. The van der Waals surface area contributed by atoms with E-state index in [9.17, 15) is 18.0 Å². The second-order valence-corrected chi connectivity index (χ2v) is 7.22. The molecular weight excluding hydrogens is 306 g/mol. The van der Waals surface area contributed by atoms with Crippen LogP contribution in [0.15, 0.2) is 24.3 Å². The lowest BCUT2D eigenvalue weighted by Gasteiger charge is -2.21. The molecule has 1 heterocycles. The summed E-state index contributed by atoms with van der Waals surface area (Å²) >= 11 is 0. The van der Waals surface area contributed by atoms with Crippen LogP contribution in [-0.2, 0) is 19.6 Å². The van der Waals surface area contributed by atoms with Crippen LogP contribution >= 0.6 is 0 Å². The number of nitrogens with one attached hydrogen (secondary N) is 2. The van der Waals surface area contributed by atoms with Gasteiger partial charge in [-0.15, -0.1) is 0 Å². The van der Waals surface area contributed by atoms with Gasteiger partial charge < -0.3 is 10.6 Å². The van der Waals surface area contributed by atoms with Crippen LogP contribution in [0.1, 0.15) is 19.8 Å². The van der Waals surface area contributed by atoms with Gasteiger partial charge in [0.15, 0.2) is 0 Å². The van der Waals surface area contributed by atoms with E-state index in [0.717, 1.165) is 6.26 Å². The van der Waals surface area contributed by atoms with Crippen LogP contribution in [0.5, 0.6) is 0 Å². The number of amides is 2. The van der Waals surface area contributed by atoms with Crippen LogP contribution < -0.4 is 10.6 Å². The van der Waals surface area contributed by atoms with Gasteiger partial charge in [0, 0.05) is 24.8 Å². The van der Waals surface area contributed by atoms with Gasteiger partial charge in [0.05, 0.1) is 6.26 Å². The average Bonchev–Trinajstić information content (AvgIpc) is 2.87. The van der Waals surface area contributed by atoms with E-state index in [-0.39, 0.29) is 11.8 Å². The molecule has 1 saturated heterocycles. The third-order valence-electron chi connectivity index (χ3n) is 3.38. The summed E-state index contributed by atoms with van der Waals surface area (Å²) in [4.78, 5) is 23.3. The molecule has 1 aromatic carbocycles. The van der Waals surface area contributed by atoms with Crippen molar-refractivity contribution in [1.82, 2.24) is 4.31 Å². The Labute approximate surface area is 129 Å². The highest BCUT2D eigenvalue weighted by atomic mass is 32.2. The molecule has 1 aromatic rings. The molecule has 2 rings (SSSR count). The Balaban J connectivity index is 2.10. The smallest absolute Gasteiger partial charge is 0.242 e. The summed E-state index contributed by atoms with van der Waals surface area (Å²) in [5.41, 5.74) is 1.08. The molecule has 22 heavy (non-hydrogen) atoms. The molecule has 7 nitrogen and oxygen atoms in total. The van der Waals surface area contributed by atoms with E-state index in [2.05, 4.69) is 10.6 Å². The summed E-state index contributed by atoms with van der Waals surface area (Å²) in [6.45, 7) is 1.76. The molecule has 0 radical (unpaired) electrons. The van der Waals surface area contributed by atoms with Gasteiger partial charge in [-0.2, -0.15) is 4.31 Å². The fraction of sp³-hybridized carbons (Fsp3) is 0.429. The van der Waals surface area contributed by atoms with E-state index in [1.165, 1.54) is 11.2 Å². The molecule has 1 unspecified atom stereocenters. The third-order valence-corrected chi connectivity index (χ3v) is 4.67. The summed E-state index contributed by atoms with van der Waals surface area (Å²) in [5.74, 6) is -0.564. The topological polar surface area (TPSA) is 95.6 Å². The van der Waals surface area contributed by atoms with E-state index in [0.29, 0.717) is 30.8 Å². The summed E-state index contributed by atoms with van der Waals surface area (Å²) in [5, 5.41) is 5.33. The maximum absolute atomic E-state index is 12.3. The van der Waals surface area contributed by atoms with Gasteiger partial charge in [-0.3, -0.25) is 9.59 Å². The first-order valence-electron chi connectivity index (χ1n) is 6.93. The third kappa shape index (κ3) is 4.05. The highest BCUT2D eigenvalue weighted by molar-refractivity contribution is 7.88. The predicted molar refractivity (Wildman–Crippen MR) is 83.9 cm³/mol. The average molecular weight is 325 g/mol. The number of rotatable bonds is 4. The monoisotopic (exact) mass is 325 g/mol. The number of carbonyl (C=O) groups is 2. The van der Waals surface area contributed by atoms with Crippen LogP contribution in [0.3, 0.4) is 0 Å². The zero-order chi connectivity index (χ0) is 16.3. The molecule has 1 aliphatic rings. The minimum atomic E-state index is -3.40. The number of hydrogen-bond acceptors (Lipinski definition) is 4. The second kappa shape index (κ2) is 6.45. The zero-order valence-corrected chi connectivity index (χ0v) is 13.3. The summed E-state index contributed by atoms with van der Waals surface area (Å²) in [7, 11) is -3.40. The van der Waals surface area contributed by atoms with Gasteiger partial charge in [-0.1, -0.05) is 6.07 Å². The Morgan fingerprint density at radius 2 is 1.86 bits per heavy atom. The molecule has 0 aliphatic carbocycles. The van der Waals surface area contributed by atoms with Crippen molar-refractivity contribution in [3.8, 4) is 0 Å². The maximum Gasteiger partial charge on any atom is 0.242 e. The van der Waals surface area contributed by atoms with Gasteiger partial charge in [0.1, 0.15) is 6.04 Å². The van der Waals surface area contributed by atoms with Crippen molar-refractivity contribution in [2.75, 3.05) is 23.4 Å². The van der Waals surface area contributed by atoms with Crippen molar-refractivity contribution in [1.29, 1.82) is 0 Å². The van der Waals surface area contributed by atoms with Gasteiger partial charge in [0.2, 0.25) is 21.8 Å². The molecule has 0 spiro atoms. The van der Waals surface area contributed by atoms with E-state index in [1.807, 2.05) is 0 Å². The molecule has 1 atom stereocenters. The number of sulfonamides is 1. The molecule has 8 heteroatoms. The van der Waals surface area contributed by atoms with Gasteiger partial charge >= 0.3 is 0 Å². The predicted octanol–water partition coefficient (Wildman–Crippen LogP) is 1.01. The highest BCUT2D eigenvalue weighted by Gasteiger charge is 2.36. The Morgan fingerprint density at radius 3 is 2.45 bits per heavy atom. The van der Waals surface area contributed by atoms with E-state index < -0.39 is 16.1 Å². The van der Waals surface area contributed by atoms with Crippen molar-refractivity contribution >= 4 is 33.2 Å². The standard InChI is InChI=1S/C14H19N3O4S/c1-10(18)15-11-5-3-6-12(9-11)16-14(19)13-7-4-8-17(13)22(2,20)21/h3,5-6,9,13H,4,7-8H2,1-2H3,(H,15,18)(H,16,19). The van der Waals surface area contributed by atoms with Crippen LogP contribution in [0.4, 0.5) is 11.4 Å². The summed E-state index contributed by atoms with van der Waals surface area (Å²) in [6, 6.07) is 6.03. The molecule has 1 aliphatic heterocycles. The molecule has 120 valence electrons. The maximum atomic E-state index is 12.3. The van der Waals surface area contributed by atoms with Gasteiger partial charge in [-0.25, -0.2) is 8.42 Å². The minimum Gasteiger partial charge on any atom is -0.326 e. The van der Waals surface area contributed by atoms with Crippen LogP contribution in [0.25, 0.3) is 0 Å². The van der Waals surface area contributed by atoms with Crippen LogP contribution in [0.2, 0.25) is 0 Å². The molecule has 0 bridgehead atoms. The largest absolute Gasteiger partial charge is 0.326 e. The fourth-order valence-corrected chi connectivity index (χ4v) is 3.63. The number of carbonyl (C=O) groups excluding carboxylic acids is 2. The number of benzene rings is 1. The fourth-order valence-electron chi connectivity index (χ4n) is 2.50. The van der Waals surface area contributed by atoms with Gasteiger partial charge in [0.25, 0.3) is 0 Å². The minimum absolute atomic E-state index is 0.206. The lowest BCUT2D eigenvalue weighted by atomic mass is 10.2. The molecular formula is C14H19N3O4S. The summed E-state index contributed by atoms with van der Waals surface area (Å²) in [6.07, 6.45) is 2.28. The number of anilines is 2. The lowest BCUT2D eigenvalue weighted by Crippen LogP contribution is -2.42. The van der Waals surface area contributed by atoms with Crippen molar-refractivity contribution in [2.24, 2.45) is 0 Å². The Kier molecular flexibility index (Phi) is 4.82. The quantitative estimate of drug-likeness (QED) is 0.863. The highest BCUT2D eigenvalue weighted by Crippen LogP contribution is 2.22. The second-order valence-electron chi connectivity index (χ2n) is 5.28. The zero-order valence-electron chi connectivity index (χ0n) is 12.5. The first-order chi connectivity index (χ1) is 10.3. The summed E-state index contributed by atoms with van der Waals surface area (Å²) < 4.78 is 24.6. The number of nitrogens with zero attached hydrogens (tertiary/aromatic N) is 1. The van der Waals surface area contributed by atoms with Crippen molar-refractivity contribution in [2.45, 2.75) is 25.8 Å². The molecule has 2 N–H and O–H groups in total. The Hall–Kier alpha value is -1.93. The van der Waals surface area contributed by atoms with E-state index in [4.69, 9.17) is 0 Å². The Bertz CT molecular complexity index is 687. The normalized spacial score (nSPS) is 18.9. The van der Waals surface area contributed by atoms with Gasteiger partial charge in [-0.05, 0) is 31.0 Å². The molecule has 0 saturated carbocycles. The van der Waals surface area contributed by atoms with Crippen molar-refractivity contribution in [3.63, 3.8) is 0 Å². The van der Waals surface area contributed by atoms with Crippen LogP contribution in [-0.4, -0.2) is 43.4 Å². The van der Waals surface area contributed by atoms with Crippen LogP contribution in [0, 0.1) is 0 Å².